The van der Waals surface area contributed by atoms with Crippen molar-refractivity contribution in [3.05, 3.63) is 71.4 Å². The molecule has 27 heavy (non-hydrogen) atoms. The van der Waals surface area contributed by atoms with Gasteiger partial charge in [0.2, 0.25) is 6.35 Å². The molecular weight excluding hydrogens is 340 g/mol. The highest BCUT2D eigenvalue weighted by atomic mass is 16.3. The van der Waals surface area contributed by atoms with Gasteiger partial charge in [0.25, 0.3) is 5.91 Å². The Morgan fingerprint density at radius 2 is 1.59 bits per heavy atom. The third-order valence-corrected chi connectivity index (χ3v) is 5.52. The largest absolute Gasteiger partial charge is 0.356 e. The monoisotopic (exact) mass is 364 g/mol. The summed E-state index contributed by atoms with van der Waals surface area (Å²) in [6, 6.07) is 12.4. The van der Waals surface area contributed by atoms with Crippen LogP contribution >= 0.6 is 0 Å². The predicted octanol–water partition coefficient (Wildman–Crippen LogP) is 2.24. The minimum absolute atomic E-state index is 0.240. The molecule has 1 fully saturated rings. The molecular formula is C21H24N4O2. The van der Waals surface area contributed by atoms with E-state index in [9.17, 15) is 9.90 Å². The second-order valence-corrected chi connectivity index (χ2v) is 7.21. The molecule has 1 aromatic heterocycles. The molecule has 1 aliphatic carbocycles. The van der Waals surface area contributed by atoms with Crippen molar-refractivity contribution >= 4 is 5.91 Å². The lowest BCUT2D eigenvalue weighted by Crippen LogP contribution is -2.52. The molecule has 3 N–H and O–H groups in total. The molecule has 0 spiro atoms. The average Bonchev–Trinajstić information content (AvgIpc) is 2.71. The molecule has 1 saturated carbocycles. The van der Waals surface area contributed by atoms with Crippen LogP contribution in [0.1, 0.15) is 43.0 Å². The molecule has 1 unspecified atom stereocenters. The van der Waals surface area contributed by atoms with Crippen LogP contribution in [0.4, 0.5) is 0 Å². The van der Waals surface area contributed by atoms with Gasteiger partial charge in [-0.3, -0.25) is 4.79 Å². The van der Waals surface area contributed by atoms with E-state index in [-0.39, 0.29) is 11.8 Å². The molecule has 6 heteroatoms. The number of hydrogen-bond donors (Lipinski definition) is 3. The maximum Gasteiger partial charge on any atom is 0.252 e. The zero-order valence-electron chi connectivity index (χ0n) is 15.1. The molecule has 2 aliphatic rings. The van der Waals surface area contributed by atoms with Gasteiger partial charge >= 0.3 is 0 Å². The van der Waals surface area contributed by atoms with Gasteiger partial charge in [0.15, 0.2) is 0 Å². The highest BCUT2D eigenvalue weighted by molar-refractivity contribution is 5.95. The van der Waals surface area contributed by atoms with Crippen LogP contribution in [0, 0.1) is 5.92 Å². The first-order valence-corrected chi connectivity index (χ1v) is 9.50. The molecule has 0 saturated heterocycles. The van der Waals surface area contributed by atoms with Gasteiger partial charge in [0.1, 0.15) is 5.82 Å². The summed E-state index contributed by atoms with van der Waals surface area (Å²) in [6.07, 6.45) is 6.80. The van der Waals surface area contributed by atoms with E-state index in [1.807, 2.05) is 6.07 Å². The molecule has 0 bridgehead atoms. The Bertz CT molecular complexity index is 815. The minimum atomic E-state index is -1.04. The molecule has 1 aliphatic heterocycles. The molecule has 0 radical (unpaired) electrons. The summed E-state index contributed by atoms with van der Waals surface area (Å²) < 4.78 is 0. The topological polar surface area (TPSA) is 87.1 Å². The van der Waals surface area contributed by atoms with Crippen LogP contribution in [0.25, 0.3) is 0 Å². The highest BCUT2D eigenvalue weighted by Crippen LogP contribution is 2.39. The number of rotatable bonds is 4. The first-order valence-electron chi connectivity index (χ1n) is 9.50. The van der Waals surface area contributed by atoms with E-state index in [1.54, 1.807) is 18.5 Å². The van der Waals surface area contributed by atoms with Crippen LogP contribution in [0.5, 0.6) is 0 Å². The number of aliphatic hydroxyl groups excluding tert-OH is 1. The normalized spacial score (nSPS) is 25.7. The van der Waals surface area contributed by atoms with Crippen LogP contribution in [0.2, 0.25) is 0 Å². The highest BCUT2D eigenvalue weighted by Gasteiger charge is 2.32. The molecule has 6 nitrogen and oxygen atoms in total. The van der Waals surface area contributed by atoms with Crippen LogP contribution in [-0.2, 0) is 11.2 Å². The number of aliphatic hydroxyl groups is 1. The number of benzene rings is 1. The van der Waals surface area contributed by atoms with E-state index in [4.69, 9.17) is 0 Å². The van der Waals surface area contributed by atoms with Crippen LogP contribution in [-0.4, -0.2) is 27.3 Å². The van der Waals surface area contributed by atoms with E-state index in [0.717, 1.165) is 31.4 Å². The Balaban J connectivity index is 1.54. The summed E-state index contributed by atoms with van der Waals surface area (Å²) in [4.78, 5) is 21.0. The Morgan fingerprint density at radius 3 is 2.30 bits per heavy atom. The van der Waals surface area contributed by atoms with E-state index < -0.39 is 6.35 Å². The van der Waals surface area contributed by atoms with Crippen molar-refractivity contribution in [3.8, 4) is 0 Å². The Morgan fingerprint density at radius 1 is 0.926 bits per heavy atom. The summed E-state index contributed by atoms with van der Waals surface area (Å²) in [6.45, 7) is 0. The van der Waals surface area contributed by atoms with Crippen LogP contribution in [0.3, 0.4) is 0 Å². The molecule has 1 amide bonds. The Hall–Kier alpha value is -2.73. The van der Waals surface area contributed by atoms with Gasteiger partial charge in [-0.25, -0.2) is 9.97 Å². The number of nitrogens with zero attached hydrogens (tertiary/aromatic N) is 2. The van der Waals surface area contributed by atoms with Crippen molar-refractivity contribution in [1.29, 1.82) is 0 Å². The zero-order valence-corrected chi connectivity index (χ0v) is 15.1. The van der Waals surface area contributed by atoms with Gasteiger partial charge < -0.3 is 15.7 Å². The fourth-order valence-electron chi connectivity index (χ4n) is 4.16. The fraction of sp³-hybridized carbons (Fsp3) is 0.381. The van der Waals surface area contributed by atoms with Gasteiger partial charge in [-0.15, -0.1) is 0 Å². The third kappa shape index (κ3) is 4.01. The predicted molar refractivity (Wildman–Crippen MR) is 101 cm³/mol. The van der Waals surface area contributed by atoms with E-state index in [2.05, 4.69) is 44.9 Å². The lowest BCUT2D eigenvalue weighted by Gasteiger charge is -2.35. The van der Waals surface area contributed by atoms with Crippen molar-refractivity contribution in [3.63, 3.8) is 0 Å². The zero-order chi connectivity index (χ0) is 18.6. The molecule has 2 heterocycles. The number of nitrogens with one attached hydrogen (secondary N) is 2. The second kappa shape index (κ2) is 7.88. The first-order chi connectivity index (χ1) is 13.2. The molecule has 1 atom stereocenters. The SMILES string of the molecule is O=C1NC(O)NC(C2CCC(c3ccccc3)CC2)=C1Cc1ncccn1. The molecule has 4 rings (SSSR count). The number of aromatic nitrogens is 2. The summed E-state index contributed by atoms with van der Waals surface area (Å²) in [7, 11) is 0. The van der Waals surface area contributed by atoms with E-state index in [0.29, 0.717) is 23.7 Å². The Labute approximate surface area is 158 Å². The summed E-state index contributed by atoms with van der Waals surface area (Å²) in [5.74, 6) is 1.17. The van der Waals surface area contributed by atoms with Crippen molar-refractivity contribution in [2.45, 2.75) is 44.4 Å². The van der Waals surface area contributed by atoms with Gasteiger partial charge in [0.05, 0.1) is 0 Å². The van der Waals surface area contributed by atoms with Crippen LogP contribution in [0.15, 0.2) is 60.1 Å². The van der Waals surface area contributed by atoms with E-state index in [1.165, 1.54) is 5.56 Å². The Kier molecular flexibility index (Phi) is 5.16. The number of carbonyl (C=O) groups is 1. The van der Waals surface area contributed by atoms with Crippen molar-refractivity contribution in [2.24, 2.45) is 5.92 Å². The molecule has 2 aromatic rings. The van der Waals surface area contributed by atoms with Crippen molar-refractivity contribution in [2.75, 3.05) is 0 Å². The van der Waals surface area contributed by atoms with Crippen molar-refractivity contribution < 1.29 is 9.90 Å². The second-order valence-electron chi connectivity index (χ2n) is 7.21. The van der Waals surface area contributed by atoms with Gasteiger partial charge in [-0.1, -0.05) is 30.3 Å². The number of carbonyl (C=O) groups excluding carboxylic acids is 1. The lowest BCUT2D eigenvalue weighted by molar-refractivity contribution is -0.122. The molecule has 140 valence electrons. The van der Waals surface area contributed by atoms with Gasteiger partial charge in [-0.05, 0) is 49.1 Å². The smallest absolute Gasteiger partial charge is 0.252 e. The maximum atomic E-state index is 12.5. The van der Waals surface area contributed by atoms with Crippen LogP contribution < -0.4 is 10.6 Å². The number of allylic oxidation sites excluding steroid dienone is 1. The maximum absolute atomic E-state index is 12.5. The molecule has 1 aromatic carbocycles. The first kappa shape index (κ1) is 17.7. The average molecular weight is 364 g/mol. The quantitative estimate of drug-likeness (QED) is 0.775. The van der Waals surface area contributed by atoms with Gasteiger partial charge in [-0.2, -0.15) is 0 Å². The minimum Gasteiger partial charge on any atom is -0.356 e. The number of amides is 1. The summed E-state index contributed by atoms with van der Waals surface area (Å²) in [5, 5.41) is 15.6. The van der Waals surface area contributed by atoms with Crippen molar-refractivity contribution in [1.82, 2.24) is 20.6 Å². The summed E-state index contributed by atoms with van der Waals surface area (Å²) >= 11 is 0. The third-order valence-electron chi connectivity index (χ3n) is 5.52. The standard InChI is InChI=1S/C21H24N4O2/c26-20-17(13-18-22-11-4-12-23-18)19(24-21(27)25-20)16-9-7-15(8-10-16)14-5-2-1-3-6-14/h1-6,11-12,15-16,21,24,27H,7-10,13H2,(H,25,26). The lowest BCUT2D eigenvalue weighted by atomic mass is 9.76. The van der Waals surface area contributed by atoms with Gasteiger partial charge in [0, 0.05) is 30.1 Å². The summed E-state index contributed by atoms with van der Waals surface area (Å²) in [5.41, 5.74) is 2.87. The number of hydrogen-bond acceptors (Lipinski definition) is 5. The fourth-order valence-corrected chi connectivity index (χ4v) is 4.16. The van der Waals surface area contributed by atoms with E-state index >= 15 is 0 Å².